The van der Waals surface area contributed by atoms with Crippen molar-refractivity contribution in [2.24, 2.45) is 0 Å². The number of anilines is 1. The fourth-order valence-electron chi connectivity index (χ4n) is 2.62. The molecule has 1 saturated heterocycles. The highest BCUT2D eigenvalue weighted by molar-refractivity contribution is 5.89. The lowest BCUT2D eigenvalue weighted by molar-refractivity contribution is 0.0461. The molecule has 0 radical (unpaired) electrons. The molecule has 1 aromatic heterocycles. The number of nitriles is 1. The predicted molar refractivity (Wildman–Crippen MR) is 99.1 cm³/mol. The van der Waals surface area contributed by atoms with Crippen LogP contribution in [0.25, 0.3) is 0 Å². The van der Waals surface area contributed by atoms with E-state index in [1.807, 2.05) is 30.3 Å². The summed E-state index contributed by atoms with van der Waals surface area (Å²) in [5.74, 6) is 0.465. The molecule has 6 heteroatoms. The predicted octanol–water partition coefficient (Wildman–Crippen LogP) is 3.55. The quantitative estimate of drug-likeness (QED) is 0.918. The van der Waals surface area contributed by atoms with E-state index < -0.39 is 0 Å². The molecule has 2 heterocycles. The van der Waals surface area contributed by atoms with Gasteiger partial charge in [-0.05, 0) is 29.2 Å². The average Bonchev–Trinajstić information content (AvgIpc) is 2.58. The largest absolute Gasteiger partial charge is 0.471 e. The average molecular weight is 350 g/mol. The lowest BCUT2D eigenvalue weighted by Gasteiger charge is -2.38. The SMILES string of the molecule is CC(C)(C)c1ccc(NC(=O)N2CC(Oc3ccc(C#N)cn3)C2)cc1. The zero-order valence-electron chi connectivity index (χ0n) is 15.2. The Hall–Kier alpha value is -3.07. The van der Waals surface area contributed by atoms with Crippen molar-refractivity contribution in [3.8, 4) is 11.9 Å². The van der Waals surface area contributed by atoms with Crippen LogP contribution in [-0.4, -0.2) is 35.1 Å². The normalized spacial score (nSPS) is 14.3. The molecule has 0 bridgehead atoms. The fraction of sp³-hybridized carbons (Fsp3) is 0.350. The standard InChI is InChI=1S/C20H22N4O2/c1-20(2,3)15-5-7-16(8-6-15)23-19(25)24-12-17(13-24)26-18-9-4-14(10-21)11-22-18/h4-9,11,17H,12-13H2,1-3H3,(H,23,25). The number of amides is 2. The zero-order valence-corrected chi connectivity index (χ0v) is 15.2. The van der Waals surface area contributed by atoms with E-state index in [1.165, 1.54) is 11.8 Å². The summed E-state index contributed by atoms with van der Waals surface area (Å²) in [5, 5.41) is 11.7. The second-order valence-corrected chi connectivity index (χ2v) is 7.40. The molecule has 0 saturated carbocycles. The van der Waals surface area contributed by atoms with Gasteiger partial charge in [0, 0.05) is 18.0 Å². The van der Waals surface area contributed by atoms with Crippen LogP contribution in [0.4, 0.5) is 10.5 Å². The Kier molecular flexibility index (Phi) is 4.81. The first-order valence-electron chi connectivity index (χ1n) is 8.54. The number of likely N-dealkylation sites (tertiary alicyclic amines) is 1. The summed E-state index contributed by atoms with van der Waals surface area (Å²) in [5.41, 5.74) is 2.58. The van der Waals surface area contributed by atoms with Gasteiger partial charge in [0.25, 0.3) is 0 Å². The molecule has 1 N–H and O–H groups in total. The number of ether oxygens (including phenoxy) is 1. The third-order valence-electron chi connectivity index (χ3n) is 4.29. The van der Waals surface area contributed by atoms with Crippen molar-refractivity contribution in [1.29, 1.82) is 5.26 Å². The van der Waals surface area contributed by atoms with E-state index in [4.69, 9.17) is 10.00 Å². The van der Waals surface area contributed by atoms with Gasteiger partial charge in [-0.3, -0.25) is 0 Å². The van der Waals surface area contributed by atoms with Crippen LogP contribution in [0.1, 0.15) is 31.9 Å². The summed E-state index contributed by atoms with van der Waals surface area (Å²) >= 11 is 0. The van der Waals surface area contributed by atoms with Gasteiger partial charge in [0.05, 0.1) is 18.7 Å². The summed E-state index contributed by atoms with van der Waals surface area (Å²) < 4.78 is 5.69. The Bertz CT molecular complexity index is 811. The molecule has 1 aliphatic rings. The molecular formula is C20H22N4O2. The number of urea groups is 1. The van der Waals surface area contributed by atoms with Crippen LogP contribution in [0, 0.1) is 11.3 Å². The van der Waals surface area contributed by atoms with Gasteiger partial charge >= 0.3 is 6.03 Å². The number of hydrogen-bond acceptors (Lipinski definition) is 4. The van der Waals surface area contributed by atoms with Crippen LogP contribution in [0.5, 0.6) is 5.88 Å². The molecule has 0 atom stereocenters. The smallest absolute Gasteiger partial charge is 0.322 e. The molecule has 2 aromatic rings. The Labute approximate surface area is 153 Å². The van der Waals surface area contributed by atoms with Gasteiger partial charge in [-0.15, -0.1) is 0 Å². The van der Waals surface area contributed by atoms with Crippen LogP contribution >= 0.6 is 0 Å². The molecule has 0 spiro atoms. The summed E-state index contributed by atoms with van der Waals surface area (Å²) in [6.45, 7) is 7.48. The minimum Gasteiger partial charge on any atom is -0.471 e. The fourth-order valence-corrected chi connectivity index (χ4v) is 2.62. The molecule has 26 heavy (non-hydrogen) atoms. The number of carbonyl (C=O) groups is 1. The van der Waals surface area contributed by atoms with Crippen molar-refractivity contribution in [2.45, 2.75) is 32.3 Å². The van der Waals surface area contributed by atoms with Crippen molar-refractivity contribution in [1.82, 2.24) is 9.88 Å². The van der Waals surface area contributed by atoms with Gasteiger partial charge in [-0.2, -0.15) is 5.26 Å². The van der Waals surface area contributed by atoms with Crippen molar-refractivity contribution >= 4 is 11.7 Å². The lowest BCUT2D eigenvalue weighted by Crippen LogP contribution is -2.57. The van der Waals surface area contributed by atoms with Crippen molar-refractivity contribution in [3.63, 3.8) is 0 Å². The van der Waals surface area contributed by atoms with E-state index in [0.29, 0.717) is 24.5 Å². The molecule has 1 aliphatic heterocycles. The number of carbonyl (C=O) groups excluding carboxylic acids is 1. The maximum absolute atomic E-state index is 12.3. The van der Waals surface area contributed by atoms with Crippen LogP contribution in [0.15, 0.2) is 42.6 Å². The molecule has 134 valence electrons. The first-order chi connectivity index (χ1) is 12.3. The second kappa shape index (κ2) is 7.04. The lowest BCUT2D eigenvalue weighted by atomic mass is 9.87. The Morgan fingerprint density at radius 2 is 1.92 bits per heavy atom. The van der Waals surface area contributed by atoms with Crippen molar-refractivity contribution < 1.29 is 9.53 Å². The van der Waals surface area contributed by atoms with Crippen LogP contribution in [0.3, 0.4) is 0 Å². The van der Waals surface area contributed by atoms with E-state index >= 15 is 0 Å². The topological polar surface area (TPSA) is 78.3 Å². The molecule has 1 fully saturated rings. The number of hydrogen-bond donors (Lipinski definition) is 1. The number of nitrogens with one attached hydrogen (secondary N) is 1. The Morgan fingerprint density at radius 3 is 2.46 bits per heavy atom. The van der Waals surface area contributed by atoms with Gasteiger partial charge in [-0.25, -0.2) is 9.78 Å². The monoisotopic (exact) mass is 350 g/mol. The van der Waals surface area contributed by atoms with Gasteiger partial charge in [-0.1, -0.05) is 32.9 Å². The van der Waals surface area contributed by atoms with E-state index in [-0.39, 0.29) is 17.6 Å². The molecule has 6 nitrogen and oxygen atoms in total. The number of nitrogens with zero attached hydrogens (tertiary/aromatic N) is 3. The van der Waals surface area contributed by atoms with Crippen LogP contribution in [-0.2, 0) is 5.41 Å². The highest BCUT2D eigenvalue weighted by Gasteiger charge is 2.32. The third kappa shape index (κ3) is 4.12. The summed E-state index contributed by atoms with van der Waals surface area (Å²) in [6, 6.07) is 13.1. The van der Waals surface area contributed by atoms with Crippen LogP contribution in [0.2, 0.25) is 0 Å². The summed E-state index contributed by atoms with van der Waals surface area (Å²) in [7, 11) is 0. The van der Waals surface area contributed by atoms with Crippen LogP contribution < -0.4 is 10.1 Å². The molecule has 3 rings (SSSR count). The van der Waals surface area contributed by atoms with E-state index in [2.05, 4.69) is 31.1 Å². The highest BCUT2D eigenvalue weighted by Crippen LogP contribution is 2.24. The van der Waals surface area contributed by atoms with Gasteiger partial charge in [0.15, 0.2) is 0 Å². The van der Waals surface area contributed by atoms with Gasteiger partial charge in [0.1, 0.15) is 12.2 Å². The Balaban J connectivity index is 1.48. The second-order valence-electron chi connectivity index (χ2n) is 7.40. The van der Waals surface area contributed by atoms with Gasteiger partial charge < -0.3 is 15.0 Å². The molecule has 0 unspecified atom stereocenters. The maximum Gasteiger partial charge on any atom is 0.322 e. The molecular weight excluding hydrogens is 328 g/mol. The number of aromatic nitrogens is 1. The van der Waals surface area contributed by atoms with E-state index in [9.17, 15) is 4.79 Å². The maximum atomic E-state index is 12.3. The Morgan fingerprint density at radius 1 is 1.23 bits per heavy atom. The highest BCUT2D eigenvalue weighted by atomic mass is 16.5. The number of pyridine rings is 1. The minimum atomic E-state index is -0.138. The molecule has 2 amide bonds. The van der Waals surface area contributed by atoms with Gasteiger partial charge in [0.2, 0.25) is 5.88 Å². The first-order valence-corrected chi connectivity index (χ1v) is 8.54. The summed E-state index contributed by atoms with van der Waals surface area (Å²) in [4.78, 5) is 18.0. The van der Waals surface area contributed by atoms with E-state index in [0.717, 1.165) is 5.69 Å². The molecule has 1 aromatic carbocycles. The van der Waals surface area contributed by atoms with Crippen molar-refractivity contribution in [3.05, 3.63) is 53.7 Å². The number of rotatable bonds is 3. The van der Waals surface area contributed by atoms with E-state index in [1.54, 1.807) is 17.0 Å². The first kappa shape index (κ1) is 17.7. The third-order valence-corrected chi connectivity index (χ3v) is 4.29. The minimum absolute atomic E-state index is 0.0792. The molecule has 0 aliphatic carbocycles. The number of benzene rings is 1. The zero-order chi connectivity index (χ0) is 18.7. The summed E-state index contributed by atoms with van der Waals surface area (Å²) in [6.07, 6.45) is 1.39. The van der Waals surface area contributed by atoms with Crippen molar-refractivity contribution in [2.75, 3.05) is 18.4 Å².